The summed E-state index contributed by atoms with van der Waals surface area (Å²) in [5.74, 6) is -2.20. The van der Waals surface area contributed by atoms with E-state index in [-0.39, 0.29) is 24.7 Å². The molecule has 1 aromatic heterocycles. The van der Waals surface area contributed by atoms with Gasteiger partial charge in [0.2, 0.25) is 5.92 Å². The molecule has 2 rings (SSSR count). The van der Waals surface area contributed by atoms with Crippen molar-refractivity contribution in [2.24, 2.45) is 5.92 Å². The molecule has 1 saturated carbocycles. The van der Waals surface area contributed by atoms with Crippen molar-refractivity contribution in [3.8, 4) is 0 Å². The fraction of sp³-hybridized carbons (Fsp3) is 0.800. The quantitative estimate of drug-likeness (QED) is 0.779. The van der Waals surface area contributed by atoms with E-state index in [1.165, 1.54) is 0 Å². The van der Waals surface area contributed by atoms with Crippen molar-refractivity contribution in [3.05, 3.63) is 11.4 Å². The van der Waals surface area contributed by atoms with E-state index in [1.54, 1.807) is 0 Å². The molecule has 0 bridgehead atoms. The maximum absolute atomic E-state index is 12.6. The number of hydrogen-bond donors (Lipinski definition) is 0. The van der Waals surface area contributed by atoms with Gasteiger partial charge in [-0.05, 0) is 12.3 Å². The Balaban J connectivity index is 1.97. The highest BCUT2D eigenvalue weighted by Gasteiger charge is 2.45. The fourth-order valence-corrected chi connectivity index (χ4v) is 2.00. The lowest BCUT2D eigenvalue weighted by Gasteiger charge is -2.34. The van der Waals surface area contributed by atoms with Crippen LogP contribution in [0.3, 0.4) is 0 Å². The van der Waals surface area contributed by atoms with Crippen LogP contribution in [0.4, 0.5) is 8.78 Å². The van der Waals surface area contributed by atoms with E-state index in [2.05, 4.69) is 14.9 Å². The molecule has 1 aliphatic carbocycles. The van der Waals surface area contributed by atoms with Crippen molar-refractivity contribution in [2.75, 3.05) is 0 Å². The number of aromatic nitrogens is 2. The molecule has 0 aliphatic heterocycles. The topological polar surface area (TPSA) is 38.9 Å². The monoisotopic (exact) mass is 216 g/mol. The summed E-state index contributed by atoms with van der Waals surface area (Å²) in [7, 11) is 0. The van der Waals surface area contributed by atoms with Crippen molar-refractivity contribution in [1.82, 2.24) is 10.3 Å². The molecule has 1 aliphatic rings. The lowest BCUT2D eigenvalue weighted by atomic mass is 9.78. The Morgan fingerprint density at radius 3 is 2.60 bits per heavy atom. The highest BCUT2D eigenvalue weighted by Crippen LogP contribution is 2.44. The highest BCUT2D eigenvalue weighted by molar-refractivity contribution is 5.13. The van der Waals surface area contributed by atoms with Crippen LogP contribution in [0.5, 0.6) is 0 Å². The molecule has 1 heterocycles. The molecule has 3 nitrogen and oxygen atoms in total. The Kier molecular flexibility index (Phi) is 2.48. The molecule has 0 radical (unpaired) electrons. The average Bonchev–Trinajstić information content (AvgIpc) is 2.48. The summed E-state index contributed by atoms with van der Waals surface area (Å²) >= 11 is 0. The molecule has 0 unspecified atom stereocenters. The maximum atomic E-state index is 12.6. The van der Waals surface area contributed by atoms with E-state index < -0.39 is 5.92 Å². The van der Waals surface area contributed by atoms with E-state index in [0.29, 0.717) is 6.42 Å². The van der Waals surface area contributed by atoms with Gasteiger partial charge in [-0.15, -0.1) is 0 Å². The number of nitrogens with zero attached hydrogens (tertiary/aromatic N) is 2. The first kappa shape index (κ1) is 10.5. The average molecular weight is 216 g/mol. The largest absolute Gasteiger partial charge is 0.248 e. The first-order valence-corrected chi connectivity index (χ1v) is 5.17. The van der Waals surface area contributed by atoms with Gasteiger partial charge in [-0.1, -0.05) is 24.2 Å². The number of alkyl halides is 2. The van der Waals surface area contributed by atoms with Crippen LogP contribution < -0.4 is 0 Å². The molecule has 0 N–H and O–H groups in total. The molecule has 0 atom stereocenters. The molecule has 1 aromatic rings. The van der Waals surface area contributed by atoms with Crippen LogP contribution >= 0.6 is 0 Å². The van der Waals surface area contributed by atoms with Gasteiger partial charge in [0.25, 0.3) is 0 Å². The standard InChI is InChI=1S/C10H14F2N2O/c1-6(2)9-8(13-15-14-9)3-7-4-10(11,12)5-7/h6-7H,3-5H2,1-2H3. The third-order valence-electron chi connectivity index (χ3n) is 2.79. The zero-order valence-electron chi connectivity index (χ0n) is 8.83. The number of hydrogen-bond acceptors (Lipinski definition) is 3. The van der Waals surface area contributed by atoms with Gasteiger partial charge in [0, 0.05) is 18.8 Å². The lowest BCUT2D eigenvalue weighted by molar-refractivity contribution is -0.110. The summed E-state index contributed by atoms with van der Waals surface area (Å²) in [4.78, 5) is 0. The molecule has 1 fully saturated rings. The van der Waals surface area contributed by atoms with Crippen molar-refractivity contribution < 1.29 is 13.4 Å². The summed E-state index contributed by atoms with van der Waals surface area (Å²) in [5, 5.41) is 7.57. The third-order valence-corrected chi connectivity index (χ3v) is 2.79. The van der Waals surface area contributed by atoms with Crippen LogP contribution in [-0.4, -0.2) is 16.2 Å². The van der Waals surface area contributed by atoms with Gasteiger partial charge in [0.05, 0.1) is 0 Å². The van der Waals surface area contributed by atoms with E-state index in [9.17, 15) is 8.78 Å². The van der Waals surface area contributed by atoms with E-state index in [4.69, 9.17) is 0 Å². The molecule has 0 saturated heterocycles. The minimum atomic E-state index is -2.46. The van der Waals surface area contributed by atoms with Gasteiger partial charge in [-0.25, -0.2) is 13.4 Å². The Hall–Kier alpha value is -1.00. The highest BCUT2D eigenvalue weighted by atomic mass is 19.3. The minimum absolute atomic E-state index is 0.0304. The first-order chi connectivity index (χ1) is 6.98. The van der Waals surface area contributed by atoms with Crippen molar-refractivity contribution in [2.45, 2.75) is 45.0 Å². The Morgan fingerprint density at radius 2 is 2.07 bits per heavy atom. The van der Waals surface area contributed by atoms with Crippen LogP contribution in [0, 0.1) is 5.92 Å². The molecule has 5 heteroatoms. The normalized spacial score (nSPS) is 20.6. The smallest absolute Gasteiger partial charge is 0.244 e. The summed E-state index contributed by atoms with van der Waals surface area (Å²) in [6.07, 6.45) is 0.501. The molecular formula is C10H14F2N2O. The molecular weight excluding hydrogens is 202 g/mol. The Morgan fingerprint density at radius 1 is 1.40 bits per heavy atom. The summed E-state index contributed by atoms with van der Waals surface area (Å²) < 4.78 is 29.9. The molecule has 0 spiro atoms. The number of rotatable bonds is 3. The van der Waals surface area contributed by atoms with Crippen LogP contribution in [0.15, 0.2) is 4.63 Å². The Labute approximate surface area is 86.8 Å². The van der Waals surface area contributed by atoms with Gasteiger partial charge in [0.1, 0.15) is 11.4 Å². The predicted molar refractivity (Wildman–Crippen MR) is 49.8 cm³/mol. The van der Waals surface area contributed by atoms with Crippen LogP contribution in [0.2, 0.25) is 0 Å². The fourth-order valence-electron chi connectivity index (χ4n) is 2.00. The third kappa shape index (κ3) is 2.16. The van der Waals surface area contributed by atoms with Crippen molar-refractivity contribution in [3.63, 3.8) is 0 Å². The minimum Gasteiger partial charge on any atom is -0.244 e. The predicted octanol–water partition coefficient (Wildman–Crippen LogP) is 2.78. The molecule has 0 amide bonds. The zero-order chi connectivity index (χ0) is 11.1. The second-order valence-corrected chi connectivity index (χ2v) is 4.59. The molecule has 15 heavy (non-hydrogen) atoms. The SMILES string of the molecule is CC(C)c1nonc1CC1CC(F)(F)C1. The summed E-state index contributed by atoms with van der Waals surface area (Å²) in [6, 6.07) is 0. The van der Waals surface area contributed by atoms with E-state index >= 15 is 0 Å². The van der Waals surface area contributed by atoms with Gasteiger partial charge >= 0.3 is 0 Å². The van der Waals surface area contributed by atoms with Gasteiger partial charge in [-0.3, -0.25) is 0 Å². The number of halogens is 2. The molecule has 84 valence electrons. The maximum Gasteiger partial charge on any atom is 0.248 e. The Bertz CT molecular complexity index is 341. The van der Waals surface area contributed by atoms with Gasteiger partial charge in [0.15, 0.2) is 0 Å². The van der Waals surface area contributed by atoms with Crippen LogP contribution in [0.1, 0.15) is 44.0 Å². The lowest BCUT2D eigenvalue weighted by Crippen LogP contribution is -2.36. The second-order valence-electron chi connectivity index (χ2n) is 4.59. The van der Waals surface area contributed by atoms with Crippen molar-refractivity contribution in [1.29, 1.82) is 0 Å². The second kappa shape index (κ2) is 3.54. The van der Waals surface area contributed by atoms with Crippen LogP contribution in [0.25, 0.3) is 0 Å². The van der Waals surface area contributed by atoms with Crippen molar-refractivity contribution >= 4 is 0 Å². The molecule has 0 aromatic carbocycles. The summed E-state index contributed by atoms with van der Waals surface area (Å²) in [6.45, 7) is 3.97. The summed E-state index contributed by atoms with van der Waals surface area (Å²) in [5.41, 5.74) is 1.54. The first-order valence-electron chi connectivity index (χ1n) is 5.17. The van der Waals surface area contributed by atoms with E-state index in [0.717, 1.165) is 11.4 Å². The zero-order valence-corrected chi connectivity index (χ0v) is 8.83. The van der Waals surface area contributed by atoms with Gasteiger partial charge in [-0.2, -0.15) is 0 Å². The van der Waals surface area contributed by atoms with E-state index in [1.807, 2.05) is 13.8 Å². The van der Waals surface area contributed by atoms with Crippen LogP contribution in [-0.2, 0) is 6.42 Å². The van der Waals surface area contributed by atoms with Gasteiger partial charge < -0.3 is 0 Å².